The molecule has 4 heteroatoms. The van der Waals surface area contributed by atoms with Crippen LogP contribution in [0.15, 0.2) is 0 Å². The number of aliphatic hydroxyl groups excluding tert-OH is 1. The molecule has 1 amide bonds. The number of hydrogen-bond donors (Lipinski definition) is 1. The monoisotopic (exact) mass is 235 g/mol. The molecule has 1 N–H and O–H groups in total. The Morgan fingerprint density at radius 3 is 3.00 bits per heavy atom. The molecule has 0 aliphatic carbocycles. The van der Waals surface area contributed by atoms with E-state index in [1.807, 2.05) is 0 Å². The Bertz CT molecular complexity index is 163. The Morgan fingerprint density at radius 1 is 1.67 bits per heavy atom. The van der Waals surface area contributed by atoms with Gasteiger partial charge in [0.2, 0.25) is 5.91 Å². The minimum Gasteiger partial charge on any atom is -0.394 e. The first-order valence-corrected chi connectivity index (χ1v) is 5.38. The lowest BCUT2D eigenvalue weighted by Crippen LogP contribution is -2.37. The molecule has 1 rings (SSSR count). The summed E-state index contributed by atoms with van der Waals surface area (Å²) in [4.78, 5) is 13.2. The number of rotatable bonds is 3. The Balaban J connectivity index is 2.43. The van der Waals surface area contributed by atoms with Crippen LogP contribution in [-0.4, -0.2) is 40.4 Å². The lowest BCUT2D eigenvalue weighted by atomic mass is 10.2. The van der Waals surface area contributed by atoms with Gasteiger partial charge in [0.05, 0.1) is 12.6 Å². The molecule has 0 saturated carbocycles. The third kappa shape index (κ3) is 2.20. The van der Waals surface area contributed by atoms with Crippen molar-refractivity contribution in [1.82, 2.24) is 4.90 Å². The largest absolute Gasteiger partial charge is 0.394 e. The van der Waals surface area contributed by atoms with Crippen LogP contribution in [-0.2, 0) is 4.79 Å². The molecule has 0 aromatic heterocycles. The van der Waals surface area contributed by atoms with Gasteiger partial charge in [0.1, 0.15) is 0 Å². The van der Waals surface area contributed by atoms with E-state index in [1.54, 1.807) is 4.90 Å². The van der Waals surface area contributed by atoms with Crippen molar-refractivity contribution in [2.45, 2.75) is 25.3 Å². The average molecular weight is 236 g/mol. The summed E-state index contributed by atoms with van der Waals surface area (Å²) < 4.78 is 0. The first kappa shape index (κ1) is 9.99. The van der Waals surface area contributed by atoms with E-state index in [1.165, 1.54) is 0 Å². The van der Waals surface area contributed by atoms with E-state index in [2.05, 4.69) is 15.9 Å². The van der Waals surface area contributed by atoms with Gasteiger partial charge in [-0.25, -0.2) is 0 Å². The van der Waals surface area contributed by atoms with Gasteiger partial charge < -0.3 is 10.0 Å². The fourth-order valence-corrected chi connectivity index (χ4v) is 1.92. The zero-order chi connectivity index (χ0) is 8.97. The van der Waals surface area contributed by atoms with Crippen LogP contribution in [0, 0.1) is 0 Å². The van der Waals surface area contributed by atoms with Gasteiger partial charge >= 0.3 is 0 Å². The van der Waals surface area contributed by atoms with Gasteiger partial charge in [0.25, 0.3) is 0 Å². The Kier molecular flexibility index (Phi) is 4.01. The number of nitrogens with zero attached hydrogens (tertiary/aromatic N) is 1. The number of halogens is 1. The van der Waals surface area contributed by atoms with Crippen LogP contribution >= 0.6 is 15.9 Å². The Morgan fingerprint density at radius 2 is 2.42 bits per heavy atom. The zero-order valence-electron chi connectivity index (χ0n) is 7.00. The minimum absolute atomic E-state index is 0.0801. The fourth-order valence-electron chi connectivity index (χ4n) is 1.58. The topological polar surface area (TPSA) is 40.5 Å². The van der Waals surface area contributed by atoms with Gasteiger partial charge in [0.15, 0.2) is 0 Å². The molecule has 0 aromatic carbocycles. The highest BCUT2D eigenvalue weighted by atomic mass is 79.9. The molecule has 0 radical (unpaired) electrons. The maximum Gasteiger partial charge on any atom is 0.223 e. The second-order valence-corrected chi connectivity index (χ2v) is 3.80. The summed E-state index contributed by atoms with van der Waals surface area (Å²) in [6.07, 6.45) is 2.51. The van der Waals surface area contributed by atoms with Crippen molar-refractivity contribution in [3.05, 3.63) is 0 Å². The van der Waals surface area contributed by atoms with Crippen LogP contribution in [0.3, 0.4) is 0 Å². The second-order valence-electron chi connectivity index (χ2n) is 3.00. The predicted octanol–water partition coefficient (Wildman–Crippen LogP) is 0.755. The lowest BCUT2D eigenvalue weighted by Gasteiger charge is -2.22. The smallest absolute Gasteiger partial charge is 0.223 e. The van der Waals surface area contributed by atoms with Crippen molar-refractivity contribution in [3.8, 4) is 0 Å². The Hall–Kier alpha value is -0.0900. The third-order valence-electron chi connectivity index (χ3n) is 2.22. The van der Waals surface area contributed by atoms with Gasteiger partial charge in [-0.2, -0.15) is 0 Å². The summed E-state index contributed by atoms with van der Waals surface area (Å²) in [7, 11) is 0. The highest BCUT2D eigenvalue weighted by molar-refractivity contribution is 9.09. The van der Waals surface area contributed by atoms with Crippen LogP contribution in [0.1, 0.15) is 19.3 Å². The first-order valence-electron chi connectivity index (χ1n) is 4.26. The molecule has 1 aliphatic heterocycles. The summed E-state index contributed by atoms with van der Waals surface area (Å²) in [6.45, 7) is 0.922. The van der Waals surface area contributed by atoms with Crippen molar-refractivity contribution in [1.29, 1.82) is 0 Å². The number of alkyl halides is 1. The molecular formula is C8H14BrNO2. The average Bonchev–Trinajstić information content (AvgIpc) is 2.51. The summed E-state index contributed by atoms with van der Waals surface area (Å²) in [5.41, 5.74) is 0. The van der Waals surface area contributed by atoms with Gasteiger partial charge in [-0.1, -0.05) is 15.9 Å². The number of likely N-dealkylation sites (tertiary alicyclic amines) is 1. The van der Waals surface area contributed by atoms with Gasteiger partial charge in [-0.05, 0) is 12.8 Å². The second kappa shape index (κ2) is 4.82. The summed E-state index contributed by atoms with van der Waals surface area (Å²) in [5, 5.41) is 9.66. The van der Waals surface area contributed by atoms with Crippen LogP contribution in [0.5, 0.6) is 0 Å². The maximum absolute atomic E-state index is 11.4. The van der Waals surface area contributed by atoms with E-state index in [0.717, 1.165) is 19.4 Å². The number of carbonyl (C=O) groups is 1. The van der Waals surface area contributed by atoms with E-state index < -0.39 is 0 Å². The summed E-state index contributed by atoms with van der Waals surface area (Å²) >= 11 is 3.23. The minimum atomic E-state index is 0.0801. The van der Waals surface area contributed by atoms with Crippen molar-refractivity contribution in [2.75, 3.05) is 18.5 Å². The number of carbonyl (C=O) groups excluding carboxylic acids is 1. The number of aliphatic hydroxyl groups is 1. The van der Waals surface area contributed by atoms with Gasteiger partial charge in [-0.15, -0.1) is 0 Å². The van der Waals surface area contributed by atoms with Crippen LogP contribution in [0.4, 0.5) is 0 Å². The molecule has 1 fully saturated rings. The highest BCUT2D eigenvalue weighted by Gasteiger charge is 2.26. The molecule has 0 spiro atoms. The fraction of sp³-hybridized carbons (Fsp3) is 0.875. The van der Waals surface area contributed by atoms with Crippen molar-refractivity contribution in [2.24, 2.45) is 0 Å². The maximum atomic E-state index is 11.4. The SMILES string of the molecule is O=C(CCBr)N1CCCC1CO. The van der Waals surface area contributed by atoms with Crippen LogP contribution < -0.4 is 0 Å². The molecule has 70 valence electrons. The van der Waals surface area contributed by atoms with E-state index in [4.69, 9.17) is 5.11 Å². The van der Waals surface area contributed by atoms with Crippen LogP contribution in [0.2, 0.25) is 0 Å². The summed E-state index contributed by atoms with van der Waals surface area (Å²) in [5.74, 6) is 0.156. The van der Waals surface area contributed by atoms with E-state index in [-0.39, 0.29) is 18.6 Å². The summed E-state index contributed by atoms with van der Waals surface area (Å²) in [6, 6.07) is 0.0801. The quantitative estimate of drug-likeness (QED) is 0.735. The first-order chi connectivity index (χ1) is 5.79. The van der Waals surface area contributed by atoms with Gasteiger partial charge in [-0.3, -0.25) is 4.79 Å². The molecule has 1 aliphatic rings. The highest BCUT2D eigenvalue weighted by Crippen LogP contribution is 2.17. The van der Waals surface area contributed by atoms with Crippen molar-refractivity contribution >= 4 is 21.8 Å². The molecule has 1 atom stereocenters. The van der Waals surface area contributed by atoms with Crippen molar-refractivity contribution < 1.29 is 9.90 Å². The van der Waals surface area contributed by atoms with Crippen molar-refractivity contribution in [3.63, 3.8) is 0 Å². The Labute approximate surface area is 80.9 Å². The molecule has 0 bridgehead atoms. The molecular weight excluding hydrogens is 222 g/mol. The third-order valence-corrected chi connectivity index (χ3v) is 2.61. The van der Waals surface area contributed by atoms with Gasteiger partial charge in [0, 0.05) is 18.3 Å². The lowest BCUT2D eigenvalue weighted by molar-refractivity contribution is -0.132. The molecule has 12 heavy (non-hydrogen) atoms. The zero-order valence-corrected chi connectivity index (χ0v) is 8.59. The molecule has 0 aromatic rings. The van der Waals surface area contributed by atoms with E-state index in [9.17, 15) is 4.79 Å². The van der Waals surface area contributed by atoms with E-state index >= 15 is 0 Å². The predicted molar refractivity (Wildman–Crippen MR) is 50.2 cm³/mol. The number of hydrogen-bond acceptors (Lipinski definition) is 2. The van der Waals surface area contributed by atoms with E-state index in [0.29, 0.717) is 11.8 Å². The van der Waals surface area contributed by atoms with Crippen LogP contribution in [0.25, 0.3) is 0 Å². The molecule has 1 saturated heterocycles. The molecule has 3 nitrogen and oxygen atoms in total. The number of amides is 1. The normalized spacial score (nSPS) is 23.2. The molecule has 1 unspecified atom stereocenters. The standard InChI is InChI=1S/C8H14BrNO2/c9-4-3-8(12)10-5-1-2-7(10)6-11/h7,11H,1-6H2. The molecule has 1 heterocycles.